The van der Waals surface area contributed by atoms with Crippen LogP contribution in [0.15, 0.2) is 65.4 Å². The van der Waals surface area contributed by atoms with Crippen LogP contribution in [-0.4, -0.2) is 20.1 Å². The van der Waals surface area contributed by atoms with Crippen LogP contribution in [0.1, 0.15) is 30.7 Å². The Balaban J connectivity index is 1.46. The van der Waals surface area contributed by atoms with Crippen LogP contribution < -0.4 is 5.73 Å². The Hall–Kier alpha value is -3.25. The molecule has 1 aliphatic carbocycles. The van der Waals surface area contributed by atoms with Crippen LogP contribution in [0.5, 0.6) is 0 Å². The zero-order chi connectivity index (χ0) is 19.8. The Labute approximate surface area is 172 Å². The summed E-state index contributed by atoms with van der Waals surface area (Å²) in [6.07, 6.45) is 6.59. The number of nitrogen functional groups attached to an aromatic ring is 1. The lowest BCUT2D eigenvalue weighted by Gasteiger charge is -2.39. The number of hydrogen-bond donors (Lipinski definition) is 1. The number of nitrogens with zero attached hydrogens (tertiary/aromatic N) is 4. The lowest BCUT2D eigenvalue weighted by atomic mass is 9.64. The summed E-state index contributed by atoms with van der Waals surface area (Å²) >= 11 is 5.97. The molecule has 1 aliphatic rings. The van der Waals surface area contributed by atoms with Crippen LogP contribution in [0.3, 0.4) is 0 Å². The maximum Gasteiger partial charge on any atom is 0.257 e. The fraction of sp³-hybridized carbons (Fsp3) is 0.182. The predicted molar refractivity (Wildman–Crippen MR) is 111 cm³/mol. The van der Waals surface area contributed by atoms with Gasteiger partial charge in [0.25, 0.3) is 5.89 Å². The Morgan fingerprint density at radius 1 is 0.862 bits per heavy atom. The van der Waals surface area contributed by atoms with Crippen molar-refractivity contribution in [2.45, 2.75) is 24.7 Å². The Bertz CT molecular complexity index is 1130. The third-order valence-corrected chi connectivity index (χ3v) is 5.85. The van der Waals surface area contributed by atoms with Crippen LogP contribution in [0.2, 0.25) is 5.02 Å². The molecule has 4 aromatic rings. The first-order valence-electron chi connectivity index (χ1n) is 9.43. The topological polar surface area (TPSA) is 90.7 Å². The van der Waals surface area contributed by atoms with Gasteiger partial charge in [-0.15, -0.1) is 0 Å². The summed E-state index contributed by atoms with van der Waals surface area (Å²) in [6.45, 7) is 0. The smallest absolute Gasteiger partial charge is 0.257 e. The first kappa shape index (κ1) is 17.8. The van der Waals surface area contributed by atoms with Gasteiger partial charge in [0.15, 0.2) is 5.82 Å². The predicted octanol–water partition coefficient (Wildman–Crippen LogP) is 4.90. The van der Waals surface area contributed by atoms with Crippen LogP contribution >= 0.6 is 11.6 Å². The van der Waals surface area contributed by atoms with Crippen molar-refractivity contribution in [2.24, 2.45) is 0 Å². The van der Waals surface area contributed by atoms with Crippen molar-refractivity contribution in [1.82, 2.24) is 20.1 Å². The van der Waals surface area contributed by atoms with Crippen LogP contribution in [0, 0.1) is 0 Å². The molecule has 5 rings (SSSR count). The molecule has 0 aliphatic heterocycles. The van der Waals surface area contributed by atoms with E-state index in [9.17, 15) is 0 Å². The molecule has 2 aromatic heterocycles. The zero-order valence-electron chi connectivity index (χ0n) is 15.5. The second-order valence-electron chi connectivity index (χ2n) is 7.27. The molecular weight excluding hydrogens is 386 g/mol. The first-order chi connectivity index (χ1) is 14.1. The normalized spacial score (nSPS) is 15.1. The third-order valence-electron chi connectivity index (χ3n) is 5.59. The molecule has 0 atom stereocenters. The maximum atomic E-state index is 5.97. The minimum absolute atomic E-state index is 0.204. The Morgan fingerprint density at radius 3 is 2.14 bits per heavy atom. The Morgan fingerprint density at radius 2 is 1.52 bits per heavy atom. The van der Waals surface area contributed by atoms with Crippen LogP contribution in [0.4, 0.5) is 5.95 Å². The molecule has 29 heavy (non-hydrogen) atoms. The fourth-order valence-electron chi connectivity index (χ4n) is 3.77. The molecule has 2 heterocycles. The van der Waals surface area contributed by atoms with E-state index >= 15 is 0 Å². The highest BCUT2D eigenvalue weighted by Gasteiger charge is 2.44. The van der Waals surface area contributed by atoms with Gasteiger partial charge in [-0.1, -0.05) is 47.4 Å². The van der Waals surface area contributed by atoms with Gasteiger partial charge in [0.05, 0.1) is 5.41 Å². The molecule has 0 amide bonds. The number of aromatic nitrogens is 4. The zero-order valence-corrected chi connectivity index (χ0v) is 16.3. The van der Waals surface area contributed by atoms with Gasteiger partial charge < -0.3 is 10.3 Å². The summed E-state index contributed by atoms with van der Waals surface area (Å²) in [4.78, 5) is 12.8. The highest BCUT2D eigenvalue weighted by atomic mass is 35.5. The summed E-state index contributed by atoms with van der Waals surface area (Å²) in [5.74, 6) is 1.52. The van der Waals surface area contributed by atoms with E-state index in [4.69, 9.17) is 26.8 Å². The number of hydrogen-bond acceptors (Lipinski definition) is 6. The second-order valence-corrected chi connectivity index (χ2v) is 7.71. The third kappa shape index (κ3) is 3.15. The SMILES string of the molecule is Nc1ncc(-c2ccc(C3(c4noc(-c5ccc(Cl)cc5)n4)CCC3)cc2)cn1. The molecular formula is C22H18ClN5O. The van der Waals surface area contributed by atoms with Crippen LogP contribution in [0.25, 0.3) is 22.6 Å². The molecule has 0 spiro atoms. The molecule has 2 N–H and O–H groups in total. The van der Waals surface area contributed by atoms with Gasteiger partial charge in [-0.05, 0) is 48.2 Å². The summed E-state index contributed by atoms with van der Waals surface area (Å²) in [6, 6.07) is 15.8. The summed E-state index contributed by atoms with van der Waals surface area (Å²) in [5, 5.41) is 5.00. The van der Waals surface area contributed by atoms with Crippen molar-refractivity contribution in [2.75, 3.05) is 5.73 Å². The van der Waals surface area contributed by atoms with Gasteiger partial charge in [0, 0.05) is 28.5 Å². The van der Waals surface area contributed by atoms with Gasteiger partial charge in [-0.2, -0.15) is 4.98 Å². The molecule has 0 radical (unpaired) electrons. The van der Waals surface area contributed by atoms with E-state index < -0.39 is 0 Å². The standard InChI is InChI=1S/C22H18ClN5O/c23-18-8-4-15(5-9-18)19-27-20(28-29-19)22(10-1-11-22)17-6-2-14(3-7-17)16-12-25-21(24)26-13-16/h2-9,12-13H,1,10-11H2,(H2,24,25,26). The van der Waals surface area contributed by atoms with Gasteiger partial charge in [-0.3, -0.25) is 0 Å². The van der Waals surface area contributed by atoms with Gasteiger partial charge in [0.1, 0.15) is 0 Å². The number of rotatable bonds is 4. The minimum Gasteiger partial charge on any atom is -0.368 e. The molecule has 144 valence electrons. The first-order valence-corrected chi connectivity index (χ1v) is 9.80. The lowest BCUT2D eigenvalue weighted by Crippen LogP contribution is -2.36. The highest BCUT2D eigenvalue weighted by molar-refractivity contribution is 6.30. The second kappa shape index (κ2) is 6.97. The van der Waals surface area contributed by atoms with E-state index in [0.29, 0.717) is 10.9 Å². The van der Waals surface area contributed by atoms with Crippen molar-refractivity contribution in [3.05, 3.63) is 77.3 Å². The van der Waals surface area contributed by atoms with Crippen molar-refractivity contribution < 1.29 is 4.52 Å². The average molecular weight is 404 g/mol. The lowest BCUT2D eigenvalue weighted by molar-refractivity contribution is 0.273. The monoisotopic (exact) mass is 403 g/mol. The minimum atomic E-state index is -0.204. The maximum absolute atomic E-state index is 5.97. The largest absolute Gasteiger partial charge is 0.368 e. The summed E-state index contributed by atoms with van der Waals surface area (Å²) in [7, 11) is 0. The van der Waals surface area contributed by atoms with Gasteiger partial charge >= 0.3 is 0 Å². The van der Waals surface area contributed by atoms with E-state index in [0.717, 1.165) is 41.8 Å². The van der Waals surface area contributed by atoms with Crippen molar-refractivity contribution in [3.8, 4) is 22.6 Å². The number of anilines is 1. The molecule has 7 heteroatoms. The van der Waals surface area contributed by atoms with Crippen molar-refractivity contribution in [1.29, 1.82) is 0 Å². The molecule has 6 nitrogen and oxygen atoms in total. The van der Waals surface area contributed by atoms with E-state index in [1.54, 1.807) is 12.4 Å². The van der Waals surface area contributed by atoms with E-state index in [1.807, 2.05) is 24.3 Å². The van der Waals surface area contributed by atoms with E-state index in [2.05, 4.69) is 39.4 Å². The molecule has 0 saturated heterocycles. The molecule has 1 saturated carbocycles. The summed E-state index contributed by atoms with van der Waals surface area (Å²) in [5.41, 5.74) is 9.39. The Kier molecular flexibility index (Phi) is 4.28. The molecule has 2 aromatic carbocycles. The van der Waals surface area contributed by atoms with Gasteiger partial charge in [0.2, 0.25) is 5.95 Å². The quantitative estimate of drug-likeness (QED) is 0.521. The number of benzene rings is 2. The van der Waals surface area contributed by atoms with Gasteiger partial charge in [-0.25, -0.2) is 9.97 Å². The highest BCUT2D eigenvalue weighted by Crippen LogP contribution is 2.48. The van der Waals surface area contributed by atoms with Crippen LogP contribution in [-0.2, 0) is 5.41 Å². The number of halogens is 1. The number of nitrogens with two attached hydrogens (primary N) is 1. The fourth-order valence-corrected chi connectivity index (χ4v) is 3.89. The van der Waals surface area contributed by atoms with Crippen molar-refractivity contribution in [3.63, 3.8) is 0 Å². The molecule has 1 fully saturated rings. The van der Waals surface area contributed by atoms with E-state index in [-0.39, 0.29) is 11.4 Å². The molecule has 0 bridgehead atoms. The summed E-state index contributed by atoms with van der Waals surface area (Å²) < 4.78 is 5.57. The van der Waals surface area contributed by atoms with E-state index in [1.165, 1.54) is 5.56 Å². The van der Waals surface area contributed by atoms with Crippen molar-refractivity contribution >= 4 is 17.5 Å². The average Bonchev–Trinajstić information content (AvgIpc) is 3.19. The molecule has 0 unspecified atom stereocenters.